The van der Waals surface area contributed by atoms with Crippen LogP contribution in [0.1, 0.15) is 32.6 Å². The van der Waals surface area contributed by atoms with Crippen LogP contribution in [-0.4, -0.2) is 41.9 Å². The number of hydrogen-bond donors (Lipinski definition) is 2. The molecular weight excluding hydrogens is 218 g/mol. The highest BCUT2D eigenvalue weighted by molar-refractivity contribution is 5.91. The van der Waals surface area contributed by atoms with Crippen LogP contribution in [0, 0.1) is 5.92 Å². The lowest BCUT2D eigenvalue weighted by atomic mass is 9.92. The number of carbonyl (C=O) groups is 2. The molecule has 0 spiro atoms. The van der Waals surface area contributed by atoms with E-state index in [1.807, 2.05) is 4.90 Å². The van der Waals surface area contributed by atoms with Crippen LogP contribution < -0.4 is 11.1 Å². The average molecular weight is 239 g/mol. The van der Waals surface area contributed by atoms with E-state index in [1.165, 1.54) is 0 Å². The molecule has 3 atom stereocenters. The third kappa shape index (κ3) is 2.60. The molecule has 0 saturated carbocycles. The van der Waals surface area contributed by atoms with Gasteiger partial charge in [0.1, 0.15) is 6.04 Å². The molecule has 0 radical (unpaired) electrons. The van der Waals surface area contributed by atoms with Gasteiger partial charge in [-0.05, 0) is 25.2 Å². The number of amides is 2. The number of likely N-dealkylation sites (tertiary alicyclic amines) is 1. The summed E-state index contributed by atoms with van der Waals surface area (Å²) in [5.41, 5.74) is 5.74. The summed E-state index contributed by atoms with van der Waals surface area (Å²) in [7, 11) is 0. The van der Waals surface area contributed by atoms with Gasteiger partial charge in [0.25, 0.3) is 0 Å². The molecule has 0 bridgehead atoms. The van der Waals surface area contributed by atoms with Crippen molar-refractivity contribution in [3.63, 3.8) is 0 Å². The fourth-order valence-corrected chi connectivity index (χ4v) is 2.76. The van der Waals surface area contributed by atoms with Gasteiger partial charge in [0.2, 0.25) is 11.8 Å². The van der Waals surface area contributed by atoms with Crippen molar-refractivity contribution in [2.75, 3.05) is 13.1 Å². The van der Waals surface area contributed by atoms with Crippen molar-refractivity contribution in [1.82, 2.24) is 10.2 Å². The minimum atomic E-state index is -0.315. The van der Waals surface area contributed by atoms with Gasteiger partial charge in [-0.25, -0.2) is 0 Å². The molecule has 5 heteroatoms. The second kappa shape index (κ2) is 5.04. The maximum atomic E-state index is 12.3. The van der Waals surface area contributed by atoms with E-state index in [2.05, 4.69) is 12.2 Å². The number of hydrogen-bond acceptors (Lipinski definition) is 3. The SMILES string of the molecule is CC1CCN(C(=O)C2CCC(=O)N2)C(CN)C1. The molecule has 0 aromatic carbocycles. The molecular formula is C12H21N3O2. The summed E-state index contributed by atoms with van der Waals surface area (Å²) >= 11 is 0. The predicted molar refractivity (Wildman–Crippen MR) is 64.1 cm³/mol. The lowest BCUT2D eigenvalue weighted by Gasteiger charge is -2.39. The van der Waals surface area contributed by atoms with Gasteiger partial charge in [-0.3, -0.25) is 9.59 Å². The summed E-state index contributed by atoms with van der Waals surface area (Å²) in [6.07, 6.45) is 3.10. The van der Waals surface area contributed by atoms with Crippen molar-refractivity contribution in [3.05, 3.63) is 0 Å². The fourth-order valence-electron chi connectivity index (χ4n) is 2.76. The van der Waals surface area contributed by atoms with E-state index in [-0.39, 0.29) is 23.9 Å². The molecule has 96 valence electrons. The van der Waals surface area contributed by atoms with Crippen LogP contribution in [0.4, 0.5) is 0 Å². The molecule has 3 unspecified atom stereocenters. The van der Waals surface area contributed by atoms with Crippen LogP contribution in [-0.2, 0) is 9.59 Å². The van der Waals surface area contributed by atoms with E-state index in [9.17, 15) is 9.59 Å². The number of piperidine rings is 1. The monoisotopic (exact) mass is 239 g/mol. The third-order valence-electron chi connectivity index (χ3n) is 3.83. The van der Waals surface area contributed by atoms with Crippen molar-refractivity contribution >= 4 is 11.8 Å². The van der Waals surface area contributed by atoms with E-state index < -0.39 is 0 Å². The first kappa shape index (κ1) is 12.4. The number of nitrogens with one attached hydrogen (secondary N) is 1. The molecule has 2 heterocycles. The minimum absolute atomic E-state index is 0.0157. The Morgan fingerprint density at radius 3 is 2.88 bits per heavy atom. The van der Waals surface area contributed by atoms with E-state index in [0.29, 0.717) is 25.3 Å². The first-order chi connectivity index (χ1) is 8.11. The molecule has 2 fully saturated rings. The van der Waals surface area contributed by atoms with E-state index in [0.717, 1.165) is 19.4 Å². The molecule has 2 aliphatic heterocycles. The van der Waals surface area contributed by atoms with Crippen molar-refractivity contribution in [2.45, 2.75) is 44.7 Å². The number of carbonyl (C=O) groups excluding carboxylic acids is 2. The molecule has 2 saturated heterocycles. The Labute approximate surface area is 102 Å². The maximum absolute atomic E-state index is 12.3. The van der Waals surface area contributed by atoms with E-state index in [4.69, 9.17) is 5.73 Å². The normalized spacial score (nSPS) is 33.6. The molecule has 2 amide bonds. The summed E-state index contributed by atoms with van der Waals surface area (Å²) < 4.78 is 0. The molecule has 17 heavy (non-hydrogen) atoms. The zero-order valence-corrected chi connectivity index (χ0v) is 10.3. The Balaban J connectivity index is 2.00. The van der Waals surface area contributed by atoms with Crippen molar-refractivity contribution < 1.29 is 9.59 Å². The molecule has 5 nitrogen and oxygen atoms in total. The zero-order chi connectivity index (χ0) is 12.4. The van der Waals surface area contributed by atoms with E-state index >= 15 is 0 Å². The molecule has 0 aliphatic carbocycles. The lowest BCUT2D eigenvalue weighted by Crippen LogP contribution is -2.54. The zero-order valence-electron chi connectivity index (χ0n) is 10.3. The van der Waals surface area contributed by atoms with E-state index in [1.54, 1.807) is 0 Å². The van der Waals surface area contributed by atoms with Crippen LogP contribution in [0.25, 0.3) is 0 Å². The molecule has 2 aliphatic rings. The third-order valence-corrected chi connectivity index (χ3v) is 3.83. The Kier molecular flexibility index (Phi) is 3.66. The number of nitrogens with two attached hydrogens (primary N) is 1. The highest BCUT2D eigenvalue weighted by Crippen LogP contribution is 2.23. The van der Waals surface area contributed by atoms with Gasteiger partial charge in [-0.1, -0.05) is 6.92 Å². The molecule has 3 N–H and O–H groups in total. The smallest absolute Gasteiger partial charge is 0.245 e. The fraction of sp³-hybridized carbons (Fsp3) is 0.833. The Morgan fingerprint density at radius 1 is 1.53 bits per heavy atom. The van der Waals surface area contributed by atoms with Crippen molar-refractivity contribution in [2.24, 2.45) is 11.7 Å². The Morgan fingerprint density at radius 2 is 2.29 bits per heavy atom. The Hall–Kier alpha value is -1.10. The van der Waals surface area contributed by atoms with Gasteiger partial charge in [0, 0.05) is 25.6 Å². The summed E-state index contributed by atoms with van der Waals surface area (Å²) in [4.78, 5) is 25.3. The Bertz CT molecular complexity index is 319. The summed E-state index contributed by atoms with van der Waals surface area (Å²) in [6, 6.07) is -0.172. The average Bonchev–Trinajstić information content (AvgIpc) is 2.75. The van der Waals surface area contributed by atoms with Crippen LogP contribution in [0.2, 0.25) is 0 Å². The van der Waals surface area contributed by atoms with Crippen LogP contribution in [0.5, 0.6) is 0 Å². The number of nitrogens with zero attached hydrogens (tertiary/aromatic N) is 1. The highest BCUT2D eigenvalue weighted by atomic mass is 16.2. The maximum Gasteiger partial charge on any atom is 0.245 e. The second-order valence-electron chi connectivity index (χ2n) is 5.21. The lowest BCUT2D eigenvalue weighted by molar-refractivity contribution is -0.138. The standard InChI is InChI=1S/C12H21N3O2/c1-8-4-5-15(9(6-8)7-13)12(17)10-2-3-11(16)14-10/h8-10H,2-7,13H2,1H3,(H,14,16). The van der Waals surface area contributed by atoms with Gasteiger partial charge < -0.3 is 16.0 Å². The largest absolute Gasteiger partial charge is 0.344 e. The predicted octanol–water partition coefficient (Wildman–Crippen LogP) is -0.149. The summed E-state index contributed by atoms with van der Waals surface area (Å²) in [5, 5.41) is 2.74. The van der Waals surface area contributed by atoms with Crippen molar-refractivity contribution in [3.8, 4) is 0 Å². The molecule has 0 aromatic heterocycles. The molecule has 2 rings (SSSR count). The van der Waals surface area contributed by atoms with Crippen LogP contribution in [0.3, 0.4) is 0 Å². The van der Waals surface area contributed by atoms with Gasteiger partial charge in [-0.2, -0.15) is 0 Å². The topological polar surface area (TPSA) is 75.4 Å². The first-order valence-corrected chi connectivity index (χ1v) is 6.41. The summed E-state index contributed by atoms with van der Waals surface area (Å²) in [5.74, 6) is 0.669. The van der Waals surface area contributed by atoms with Crippen LogP contribution >= 0.6 is 0 Å². The van der Waals surface area contributed by atoms with Gasteiger partial charge in [-0.15, -0.1) is 0 Å². The highest BCUT2D eigenvalue weighted by Gasteiger charge is 2.35. The van der Waals surface area contributed by atoms with Gasteiger partial charge in [0.15, 0.2) is 0 Å². The number of rotatable bonds is 2. The van der Waals surface area contributed by atoms with Crippen LogP contribution in [0.15, 0.2) is 0 Å². The van der Waals surface area contributed by atoms with Gasteiger partial charge >= 0.3 is 0 Å². The van der Waals surface area contributed by atoms with Crippen molar-refractivity contribution in [1.29, 1.82) is 0 Å². The minimum Gasteiger partial charge on any atom is -0.344 e. The summed E-state index contributed by atoms with van der Waals surface area (Å²) in [6.45, 7) is 3.48. The van der Waals surface area contributed by atoms with Gasteiger partial charge in [0.05, 0.1) is 0 Å². The second-order valence-corrected chi connectivity index (χ2v) is 5.21. The first-order valence-electron chi connectivity index (χ1n) is 6.41. The molecule has 0 aromatic rings. The quantitative estimate of drug-likeness (QED) is 0.703.